The molecule has 144 valence electrons. The zero-order chi connectivity index (χ0) is 19.4. The molecule has 1 unspecified atom stereocenters. The van der Waals surface area contributed by atoms with Crippen molar-refractivity contribution in [3.63, 3.8) is 0 Å². The quantitative estimate of drug-likeness (QED) is 0.850. The van der Waals surface area contributed by atoms with Gasteiger partial charge in [0.2, 0.25) is 10.0 Å². The molecular weight excluding hydrogens is 369 g/mol. The van der Waals surface area contributed by atoms with E-state index in [4.69, 9.17) is 0 Å². The molecule has 27 heavy (non-hydrogen) atoms. The van der Waals surface area contributed by atoms with Crippen molar-refractivity contribution in [3.8, 4) is 0 Å². The maximum atomic E-state index is 14.3. The molecule has 6 nitrogen and oxygen atoms in total. The number of carbonyl (C=O) groups excluding carboxylic acids is 1. The molecule has 1 atom stereocenters. The van der Waals surface area contributed by atoms with Crippen LogP contribution in [0.1, 0.15) is 48.3 Å². The SMILES string of the molecule is CC(NC(=O)c1ccc(F)c(S(=O)(=O)N2CCCCC2)c1)c1ccccn1. The van der Waals surface area contributed by atoms with E-state index < -0.39 is 26.6 Å². The number of aromatic nitrogens is 1. The van der Waals surface area contributed by atoms with Gasteiger partial charge in [0, 0.05) is 24.8 Å². The van der Waals surface area contributed by atoms with Gasteiger partial charge in [-0.05, 0) is 50.1 Å². The van der Waals surface area contributed by atoms with Gasteiger partial charge in [-0.3, -0.25) is 9.78 Å². The Kier molecular flexibility index (Phi) is 5.86. The average Bonchev–Trinajstić information content (AvgIpc) is 2.69. The van der Waals surface area contributed by atoms with E-state index in [2.05, 4.69) is 10.3 Å². The van der Waals surface area contributed by atoms with Gasteiger partial charge < -0.3 is 5.32 Å². The molecule has 2 aromatic rings. The van der Waals surface area contributed by atoms with Crippen molar-refractivity contribution >= 4 is 15.9 Å². The Bertz CT molecular complexity index is 913. The number of benzene rings is 1. The molecule has 0 aliphatic carbocycles. The van der Waals surface area contributed by atoms with E-state index in [0.717, 1.165) is 31.4 Å². The zero-order valence-corrected chi connectivity index (χ0v) is 15.9. The lowest BCUT2D eigenvalue weighted by Gasteiger charge is -2.26. The normalized spacial score (nSPS) is 16.7. The van der Waals surface area contributed by atoms with E-state index in [1.807, 2.05) is 6.07 Å². The Morgan fingerprint density at radius 3 is 2.59 bits per heavy atom. The van der Waals surface area contributed by atoms with Crippen LogP contribution in [0.3, 0.4) is 0 Å². The largest absolute Gasteiger partial charge is 0.344 e. The summed E-state index contributed by atoms with van der Waals surface area (Å²) < 4.78 is 41.1. The number of rotatable bonds is 5. The Morgan fingerprint density at radius 2 is 1.93 bits per heavy atom. The number of hydrogen-bond acceptors (Lipinski definition) is 4. The number of carbonyl (C=O) groups is 1. The summed E-state index contributed by atoms with van der Waals surface area (Å²) in [4.78, 5) is 16.2. The van der Waals surface area contributed by atoms with Crippen molar-refractivity contribution in [1.82, 2.24) is 14.6 Å². The first-order valence-corrected chi connectivity index (χ1v) is 10.3. The molecule has 0 saturated carbocycles. The van der Waals surface area contributed by atoms with Crippen LogP contribution in [-0.2, 0) is 10.0 Å². The van der Waals surface area contributed by atoms with E-state index >= 15 is 0 Å². The van der Waals surface area contributed by atoms with Crippen LogP contribution in [0.25, 0.3) is 0 Å². The van der Waals surface area contributed by atoms with E-state index in [1.165, 1.54) is 10.4 Å². The van der Waals surface area contributed by atoms with Crippen LogP contribution < -0.4 is 5.32 Å². The van der Waals surface area contributed by atoms with Gasteiger partial charge in [-0.2, -0.15) is 4.31 Å². The topological polar surface area (TPSA) is 79.4 Å². The Hall–Kier alpha value is -2.32. The minimum absolute atomic E-state index is 0.0924. The molecule has 0 radical (unpaired) electrons. The molecular formula is C19H22FN3O3S. The first-order valence-electron chi connectivity index (χ1n) is 8.91. The van der Waals surface area contributed by atoms with Crippen LogP contribution in [0.2, 0.25) is 0 Å². The van der Waals surface area contributed by atoms with Crippen LogP contribution in [0, 0.1) is 5.82 Å². The number of piperidine rings is 1. The molecule has 1 saturated heterocycles. The standard InChI is InChI=1S/C19H22FN3O3S/c1-14(17-7-3-4-10-21-17)22-19(24)15-8-9-16(20)18(13-15)27(25,26)23-11-5-2-6-12-23/h3-4,7-10,13-14H,2,5-6,11-12H2,1H3,(H,22,24). The fraction of sp³-hybridized carbons (Fsp3) is 0.368. The van der Waals surface area contributed by atoms with Crippen LogP contribution in [-0.4, -0.2) is 36.7 Å². The number of halogens is 1. The molecule has 0 bridgehead atoms. The van der Waals surface area contributed by atoms with E-state index in [-0.39, 0.29) is 11.6 Å². The van der Waals surface area contributed by atoms with Gasteiger partial charge in [-0.1, -0.05) is 12.5 Å². The zero-order valence-electron chi connectivity index (χ0n) is 15.1. The first-order chi connectivity index (χ1) is 12.9. The minimum Gasteiger partial charge on any atom is -0.344 e. The highest BCUT2D eigenvalue weighted by Crippen LogP contribution is 2.24. The Balaban J connectivity index is 1.83. The lowest BCUT2D eigenvalue weighted by Crippen LogP contribution is -2.36. The maximum Gasteiger partial charge on any atom is 0.251 e. The van der Waals surface area contributed by atoms with Crippen LogP contribution in [0.15, 0.2) is 47.5 Å². The minimum atomic E-state index is -3.96. The first kappa shape index (κ1) is 19.4. The molecule has 1 amide bonds. The molecule has 3 rings (SSSR count). The number of sulfonamides is 1. The molecule has 0 spiro atoms. The number of nitrogens with one attached hydrogen (secondary N) is 1. The summed E-state index contributed by atoms with van der Waals surface area (Å²) in [5.74, 6) is -1.34. The summed E-state index contributed by atoms with van der Waals surface area (Å²) in [6.45, 7) is 2.51. The molecule has 1 aliphatic heterocycles. The van der Waals surface area contributed by atoms with Gasteiger partial charge in [0.05, 0.1) is 11.7 Å². The van der Waals surface area contributed by atoms with Gasteiger partial charge >= 0.3 is 0 Å². The van der Waals surface area contributed by atoms with Gasteiger partial charge in [-0.25, -0.2) is 12.8 Å². The third-order valence-electron chi connectivity index (χ3n) is 4.61. The van der Waals surface area contributed by atoms with Gasteiger partial charge in [-0.15, -0.1) is 0 Å². The van der Waals surface area contributed by atoms with Crippen molar-refractivity contribution in [2.75, 3.05) is 13.1 Å². The second-order valence-electron chi connectivity index (χ2n) is 6.56. The monoisotopic (exact) mass is 391 g/mol. The van der Waals surface area contributed by atoms with E-state index in [0.29, 0.717) is 18.8 Å². The van der Waals surface area contributed by atoms with Gasteiger partial charge in [0.25, 0.3) is 5.91 Å². The highest BCUT2D eigenvalue weighted by molar-refractivity contribution is 7.89. The van der Waals surface area contributed by atoms with Crippen molar-refractivity contribution in [1.29, 1.82) is 0 Å². The third kappa shape index (κ3) is 4.33. The predicted octanol–water partition coefficient (Wildman–Crippen LogP) is 2.89. The van der Waals surface area contributed by atoms with Gasteiger partial charge in [0.15, 0.2) is 0 Å². The van der Waals surface area contributed by atoms with Crippen LogP contribution >= 0.6 is 0 Å². The van der Waals surface area contributed by atoms with Gasteiger partial charge in [0.1, 0.15) is 10.7 Å². The summed E-state index contributed by atoms with van der Waals surface area (Å²) in [7, 11) is -3.96. The van der Waals surface area contributed by atoms with Crippen LogP contribution in [0.5, 0.6) is 0 Å². The molecule has 1 fully saturated rings. The fourth-order valence-electron chi connectivity index (χ4n) is 3.07. The van der Waals surface area contributed by atoms with Crippen molar-refractivity contribution in [3.05, 3.63) is 59.7 Å². The third-order valence-corrected chi connectivity index (χ3v) is 6.52. The second kappa shape index (κ2) is 8.14. The Morgan fingerprint density at radius 1 is 1.19 bits per heavy atom. The van der Waals surface area contributed by atoms with E-state index in [9.17, 15) is 17.6 Å². The van der Waals surface area contributed by atoms with Crippen molar-refractivity contribution in [2.45, 2.75) is 37.1 Å². The fourth-order valence-corrected chi connectivity index (χ4v) is 4.68. The lowest BCUT2D eigenvalue weighted by molar-refractivity contribution is 0.0939. The number of pyridine rings is 1. The molecule has 1 aromatic heterocycles. The van der Waals surface area contributed by atoms with Crippen LogP contribution in [0.4, 0.5) is 4.39 Å². The summed E-state index contributed by atoms with van der Waals surface area (Å²) in [5.41, 5.74) is 0.767. The predicted molar refractivity (Wildman–Crippen MR) is 99.1 cm³/mol. The molecule has 8 heteroatoms. The molecule has 2 heterocycles. The number of hydrogen-bond donors (Lipinski definition) is 1. The summed E-state index contributed by atoms with van der Waals surface area (Å²) in [5, 5.41) is 2.76. The summed E-state index contributed by atoms with van der Waals surface area (Å²) in [6.07, 6.45) is 4.09. The summed E-state index contributed by atoms with van der Waals surface area (Å²) >= 11 is 0. The van der Waals surface area contributed by atoms with Crippen molar-refractivity contribution < 1.29 is 17.6 Å². The Labute approximate surface area is 158 Å². The lowest BCUT2D eigenvalue weighted by atomic mass is 10.1. The number of nitrogens with zero attached hydrogens (tertiary/aromatic N) is 2. The van der Waals surface area contributed by atoms with Crippen molar-refractivity contribution in [2.24, 2.45) is 0 Å². The average molecular weight is 391 g/mol. The summed E-state index contributed by atoms with van der Waals surface area (Å²) in [6, 6.07) is 8.41. The molecule has 1 aliphatic rings. The maximum absolute atomic E-state index is 14.3. The highest BCUT2D eigenvalue weighted by Gasteiger charge is 2.29. The molecule has 1 N–H and O–H groups in total. The second-order valence-corrected chi connectivity index (χ2v) is 8.47. The highest BCUT2D eigenvalue weighted by atomic mass is 32.2. The van der Waals surface area contributed by atoms with E-state index in [1.54, 1.807) is 25.3 Å². The molecule has 1 aromatic carbocycles. The smallest absolute Gasteiger partial charge is 0.251 e. The number of amides is 1.